The molecule has 1 amide bonds. The van der Waals surface area contributed by atoms with Crippen LogP contribution < -0.4 is 9.64 Å². The van der Waals surface area contributed by atoms with Gasteiger partial charge >= 0.3 is 0 Å². The average molecular weight is 361 g/mol. The van der Waals surface area contributed by atoms with Crippen LogP contribution >= 0.6 is 0 Å². The van der Waals surface area contributed by atoms with Crippen molar-refractivity contribution in [2.45, 2.75) is 6.04 Å². The molecule has 0 unspecified atom stereocenters. The molecule has 0 saturated heterocycles. The molecule has 0 spiro atoms. The second-order valence-electron chi connectivity index (χ2n) is 5.58. The van der Waals surface area contributed by atoms with Gasteiger partial charge in [0.2, 0.25) is 0 Å². The summed E-state index contributed by atoms with van der Waals surface area (Å²) < 4.78 is 42.1. The van der Waals surface area contributed by atoms with Crippen molar-refractivity contribution in [3.63, 3.8) is 0 Å². The summed E-state index contributed by atoms with van der Waals surface area (Å²) in [6, 6.07) is 11.4. The van der Waals surface area contributed by atoms with E-state index >= 15 is 0 Å². The molecule has 5 nitrogen and oxygen atoms in total. The molecule has 2 aromatic rings. The molecule has 3 rings (SSSR count). The fourth-order valence-corrected chi connectivity index (χ4v) is 4.00. The number of sulfone groups is 1. The number of nitrogens with zero attached hydrogens (tertiary/aromatic N) is 1. The Bertz CT molecular complexity index is 922. The van der Waals surface area contributed by atoms with Gasteiger partial charge in [-0.25, -0.2) is 12.8 Å². The molecule has 0 saturated carbocycles. The van der Waals surface area contributed by atoms with Crippen molar-refractivity contribution >= 4 is 21.4 Å². The molecule has 0 N–H and O–H groups in total. The number of hydrogen-bond acceptors (Lipinski definition) is 4. The SMILES string of the molecule is COc1ccccc1C(=O)N(c1ccc(F)cc1)[C@@H]1C=CS(=O)(=O)C1. The fraction of sp³-hybridized carbons (Fsp3) is 0.167. The van der Waals surface area contributed by atoms with Gasteiger partial charge in [-0.15, -0.1) is 0 Å². The van der Waals surface area contributed by atoms with Crippen LogP contribution in [-0.2, 0) is 9.84 Å². The number of halogens is 1. The predicted molar refractivity (Wildman–Crippen MR) is 92.9 cm³/mol. The van der Waals surface area contributed by atoms with Crippen LogP contribution in [0.5, 0.6) is 5.75 Å². The van der Waals surface area contributed by atoms with Crippen molar-refractivity contribution in [3.8, 4) is 5.75 Å². The number of benzene rings is 2. The second kappa shape index (κ2) is 6.68. The maximum atomic E-state index is 13.3. The molecule has 25 heavy (non-hydrogen) atoms. The highest BCUT2D eigenvalue weighted by atomic mass is 32.2. The molecule has 0 radical (unpaired) electrons. The number of carbonyl (C=O) groups excluding carboxylic acids is 1. The van der Waals surface area contributed by atoms with Crippen molar-refractivity contribution in [2.75, 3.05) is 17.8 Å². The molecule has 0 fully saturated rings. The van der Waals surface area contributed by atoms with Crippen LogP contribution in [0.2, 0.25) is 0 Å². The molecule has 1 heterocycles. The van der Waals surface area contributed by atoms with Crippen LogP contribution in [0.4, 0.5) is 10.1 Å². The maximum Gasteiger partial charge on any atom is 0.262 e. The van der Waals surface area contributed by atoms with Gasteiger partial charge in [-0.1, -0.05) is 12.1 Å². The minimum absolute atomic E-state index is 0.217. The van der Waals surface area contributed by atoms with Crippen LogP contribution in [0, 0.1) is 5.82 Å². The quantitative estimate of drug-likeness (QED) is 0.840. The standard InChI is InChI=1S/C18H16FNO4S/c1-24-17-5-3-2-4-16(17)18(21)20(14-8-6-13(19)7-9-14)15-10-11-25(22,23)12-15/h2-11,15H,12H2,1H3/t15-/m1/s1. The van der Waals surface area contributed by atoms with E-state index in [9.17, 15) is 17.6 Å². The summed E-state index contributed by atoms with van der Waals surface area (Å²) in [7, 11) is -1.92. The third kappa shape index (κ3) is 3.56. The highest BCUT2D eigenvalue weighted by molar-refractivity contribution is 7.94. The van der Waals surface area contributed by atoms with Gasteiger partial charge < -0.3 is 9.64 Å². The van der Waals surface area contributed by atoms with E-state index in [0.717, 1.165) is 5.41 Å². The van der Waals surface area contributed by atoms with E-state index in [4.69, 9.17) is 4.74 Å². The topological polar surface area (TPSA) is 63.7 Å². The lowest BCUT2D eigenvalue weighted by atomic mass is 10.1. The summed E-state index contributed by atoms with van der Waals surface area (Å²) in [5, 5.41) is 1.10. The van der Waals surface area contributed by atoms with E-state index < -0.39 is 27.6 Å². The number of para-hydroxylation sites is 1. The van der Waals surface area contributed by atoms with Gasteiger partial charge in [0.25, 0.3) is 5.91 Å². The van der Waals surface area contributed by atoms with Crippen molar-refractivity contribution in [2.24, 2.45) is 0 Å². The molecule has 7 heteroatoms. The van der Waals surface area contributed by atoms with Crippen molar-refractivity contribution in [1.29, 1.82) is 0 Å². The van der Waals surface area contributed by atoms with Gasteiger partial charge in [-0.2, -0.15) is 0 Å². The Morgan fingerprint density at radius 1 is 1.16 bits per heavy atom. The normalized spacial score (nSPS) is 18.1. The number of anilines is 1. The summed E-state index contributed by atoms with van der Waals surface area (Å²) in [4.78, 5) is 14.5. The molecule has 130 valence electrons. The molecule has 1 aliphatic rings. The first-order chi connectivity index (χ1) is 11.9. The zero-order chi connectivity index (χ0) is 18.0. The van der Waals surface area contributed by atoms with Crippen molar-refractivity contribution in [1.82, 2.24) is 0 Å². The van der Waals surface area contributed by atoms with E-state index in [1.54, 1.807) is 24.3 Å². The lowest BCUT2D eigenvalue weighted by molar-refractivity contribution is 0.0980. The summed E-state index contributed by atoms with van der Waals surface area (Å²) in [6.07, 6.45) is 1.46. The summed E-state index contributed by atoms with van der Waals surface area (Å²) >= 11 is 0. The van der Waals surface area contributed by atoms with Crippen molar-refractivity contribution in [3.05, 3.63) is 71.4 Å². The van der Waals surface area contributed by atoms with Crippen LogP contribution in [0.25, 0.3) is 0 Å². The average Bonchev–Trinajstić information content (AvgIpc) is 2.96. The van der Waals surface area contributed by atoms with Crippen LogP contribution in [0.3, 0.4) is 0 Å². The van der Waals surface area contributed by atoms with Gasteiger partial charge in [0.05, 0.1) is 24.5 Å². The van der Waals surface area contributed by atoms with Gasteiger partial charge in [0, 0.05) is 11.1 Å². The number of hydrogen-bond donors (Lipinski definition) is 0. The van der Waals surface area contributed by atoms with Crippen LogP contribution in [-0.4, -0.2) is 33.2 Å². The molecule has 0 aromatic heterocycles. The third-order valence-electron chi connectivity index (χ3n) is 3.90. The first kappa shape index (κ1) is 17.2. The molecule has 2 aromatic carbocycles. The monoisotopic (exact) mass is 361 g/mol. The Morgan fingerprint density at radius 2 is 1.84 bits per heavy atom. The zero-order valence-electron chi connectivity index (χ0n) is 13.4. The second-order valence-corrected chi connectivity index (χ2v) is 7.51. The van der Waals surface area contributed by atoms with Gasteiger partial charge in [-0.3, -0.25) is 4.79 Å². The van der Waals surface area contributed by atoms with Crippen LogP contribution in [0.1, 0.15) is 10.4 Å². The molecular formula is C18H16FNO4S. The predicted octanol–water partition coefficient (Wildman–Crippen LogP) is 2.79. The first-order valence-corrected chi connectivity index (χ1v) is 9.26. The highest BCUT2D eigenvalue weighted by Gasteiger charge is 2.33. The highest BCUT2D eigenvalue weighted by Crippen LogP contribution is 2.28. The minimum Gasteiger partial charge on any atom is -0.496 e. The number of ether oxygens (including phenoxy) is 1. The Morgan fingerprint density at radius 3 is 2.44 bits per heavy atom. The van der Waals surface area contributed by atoms with Gasteiger partial charge in [0.1, 0.15) is 11.6 Å². The summed E-state index contributed by atoms with van der Waals surface area (Å²) in [5.41, 5.74) is 0.705. The van der Waals surface area contributed by atoms with Gasteiger partial charge in [-0.05, 0) is 42.5 Å². The van der Waals surface area contributed by atoms with Crippen LogP contribution in [0.15, 0.2) is 60.0 Å². The van der Waals surface area contributed by atoms with E-state index in [0.29, 0.717) is 17.0 Å². The van der Waals surface area contributed by atoms with E-state index in [2.05, 4.69) is 0 Å². The lowest BCUT2D eigenvalue weighted by Crippen LogP contribution is -2.41. The lowest BCUT2D eigenvalue weighted by Gasteiger charge is -2.28. The smallest absolute Gasteiger partial charge is 0.262 e. The molecule has 1 aliphatic heterocycles. The summed E-state index contributed by atoms with van der Waals surface area (Å²) in [5.74, 6) is -0.700. The number of carbonyl (C=O) groups is 1. The Balaban J connectivity index is 2.06. The summed E-state index contributed by atoms with van der Waals surface area (Å²) in [6.45, 7) is 0. The number of amides is 1. The number of methoxy groups -OCH3 is 1. The maximum absolute atomic E-state index is 13.3. The Labute approximate surface area is 145 Å². The first-order valence-electron chi connectivity index (χ1n) is 7.54. The minimum atomic E-state index is -3.37. The molecular weight excluding hydrogens is 345 g/mol. The zero-order valence-corrected chi connectivity index (χ0v) is 14.2. The molecule has 1 atom stereocenters. The molecule has 0 bridgehead atoms. The van der Waals surface area contributed by atoms with Gasteiger partial charge in [0.15, 0.2) is 9.84 Å². The fourth-order valence-electron chi connectivity index (χ4n) is 2.73. The Hall–Kier alpha value is -2.67. The molecule has 0 aliphatic carbocycles. The van der Waals surface area contributed by atoms with E-state index in [-0.39, 0.29) is 5.75 Å². The van der Waals surface area contributed by atoms with E-state index in [1.165, 1.54) is 42.4 Å². The largest absolute Gasteiger partial charge is 0.496 e. The number of rotatable bonds is 4. The Kier molecular flexibility index (Phi) is 4.59. The van der Waals surface area contributed by atoms with E-state index in [1.807, 2.05) is 0 Å². The van der Waals surface area contributed by atoms with Crippen molar-refractivity contribution < 1.29 is 22.3 Å². The third-order valence-corrected chi connectivity index (χ3v) is 5.28.